The molecule has 1 saturated carbocycles. The first-order valence-corrected chi connectivity index (χ1v) is 9.06. The molecule has 2 rings (SSSR count). The average Bonchev–Trinajstić information content (AvgIpc) is 2.89. The number of hydrogen-bond donors (Lipinski definition) is 2. The molecule has 1 unspecified atom stereocenters. The van der Waals surface area contributed by atoms with Gasteiger partial charge in [0.25, 0.3) is 10.2 Å². The van der Waals surface area contributed by atoms with Gasteiger partial charge in [-0.3, -0.25) is 4.90 Å². The molecule has 0 aromatic rings. The highest BCUT2D eigenvalue weighted by atomic mass is 32.2. The van der Waals surface area contributed by atoms with Crippen LogP contribution in [0.2, 0.25) is 0 Å². The van der Waals surface area contributed by atoms with Gasteiger partial charge in [-0.2, -0.15) is 13.1 Å². The molecule has 0 bridgehead atoms. The highest BCUT2D eigenvalue weighted by molar-refractivity contribution is 7.87. The van der Waals surface area contributed by atoms with Gasteiger partial charge in [0, 0.05) is 18.6 Å². The summed E-state index contributed by atoms with van der Waals surface area (Å²) in [6.45, 7) is 4.79. The topological polar surface area (TPSA) is 61.4 Å². The van der Waals surface area contributed by atoms with Crippen molar-refractivity contribution in [2.24, 2.45) is 0 Å². The molecule has 5 nitrogen and oxygen atoms in total. The Kier molecular flexibility index (Phi) is 5.62. The Morgan fingerprint density at radius 1 is 1.11 bits per heavy atom. The van der Waals surface area contributed by atoms with Crippen molar-refractivity contribution < 1.29 is 8.42 Å². The second-order valence-electron chi connectivity index (χ2n) is 5.90. The van der Waals surface area contributed by atoms with Gasteiger partial charge in [-0.05, 0) is 45.7 Å². The summed E-state index contributed by atoms with van der Waals surface area (Å²) in [5, 5.41) is 0. The normalized spacial score (nSPS) is 24.7. The minimum atomic E-state index is -3.33. The van der Waals surface area contributed by atoms with Crippen LogP contribution in [0.5, 0.6) is 0 Å². The molecule has 6 heteroatoms. The third kappa shape index (κ3) is 5.02. The van der Waals surface area contributed by atoms with Crippen molar-refractivity contribution in [3.63, 3.8) is 0 Å². The van der Waals surface area contributed by atoms with Crippen LogP contribution >= 0.6 is 0 Å². The molecule has 0 amide bonds. The quantitative estimate of drug-likeness (QED) is 0.773. The van der Waals surface area contributed by atoms with E-state index < -0.39 is 10.2 Å². The predicted molar refractivity (Wildman–Crippen MR) is 77.2 cm³/mol. The maximum absolute atomic E-state index is 11.9. The minimum Gasteiger partial charge on any atom is -0.299 e. The Balaban J connectivity index is 1.73. The van der Waals surface area contributed by atoms with Crippen molar-refractivity contribution in [1.29, 1.82) is 0 Å². The van der Waals surface area contributed by atoms with E-state index in [0.29, 0.717) is 6.54 Å². The Labute approximate surface area is 117 Å². The van der Waals surface area contributed by atoms with E-state index in [0.717, 1.165) is 38.8 Å². The van der Waals surface area contributed by atoms with Gasteiger partial charge in [0.05, 0.1) is 0 Å². The maximum Gasteiger partial charge on any atom is 0.277 e. The summed E-state index contributed by atoms with van der Waals surface area (Å²) in [7, 11) is -3.33. The van der Waals surface area contributed by atoms with Crippen LogP contribution in [0.1, 0.15) is 51.9 Å². The van der Waals surface area contributed by atoms with E-state index in [-0.39, 0.29) is 12.1 Å². The lowest BCUT2D eigenvalue weighted by atomic mass is 10.1. The Bertz CT molecular complexity index is 360. The first-order valence-electron chi connectivity index (χ1n) is 7.58. The van der Waals surface area contributed by atoms with E-state index in [2.05, 4.69) is 21.3 Å². The third-order valence-electron chi connectivity index (χ3n) is 4.26. The number of rotatable bonds is 6. The summed E-state index contributed by atoms with van der Waals surface area (Å²) in [5.74, 6) is 0. The molecule has 1 aliphatic carbocycles. The van der Waals surface area contributed by atoms with Crippen LogP contribution < -0.4 is 9.44 Å². The minimum absolute atomic E-state index is 0.141. The van der Waals surface area contributed by atoms with Crippen LogP contribution in [0.3, 0.4) is 0 Å². The van der Waals surface area contributed by atoms with Crippen molar-refractivity contribution in [3.8, 4) is 0 Å². The Morgan fingerprint density at radius 2 is 1.74 bits per heavy atom. The fourth-order valence-corrected chi connectivity index (χ4v) is 4.24. The first kappa shape index (κ1) is 15.2. The Morgan fingerprint density at radius 3 is 2.37 bits per heavy atom. The van der Waals surface area contributed by atoms with Crippen LogP contribution in [0.4, 0.5) is 0 Å². The van der Waals surface area contributed by atoms with Crippen molar-refractivity contribution >= 4 is 10.2 Å². The van der Waals surface area contributed by atoms with Gasteiger partial charge in [-0.1, -0.05) is 19.3 Å². The number of nitrogens with one attached hydrogen (secondary N) is 2. The van der Waals surface area contributed by atoms with Gasteiger partial charge >= 0.3 is 0 Å². The zero-order valence-electron chi connectivity index (χ0n) is 11.9. The number of nitrogens with zero attached hydrogens (tertiary/aromatic N) is 1. The highest BCUT2D eigenvalue weighted by Crippen LogP contribution is 2.18. The van der Waals surface area contributed by atoms with E-state index in [1.54, 1.807) is 0 Å². The Hall–Kier alpha value is -0.170. The SMILES string of the molecule is CC(CNS(=O)(=O)NC1CCCC1)N1CCCCC1. The largest absolute Gasteiger partial charge is 0.299 e. The molecule has 1 atom stereocenters. The second kappa shape index (κ2) is 7.02. The standard InChI is InChI=1S/C13H27N3O2S/c1-12(16-9-5-2-6-10-16)11-14-19(17,18)15-13-7-3-4-8-13/h12-15H,2-11H2,1H3. The monoisotopic (exact) mass is 289 g/mol. The zero-order chi connectivity index (χ0) is 13.7. The molecule has 112 valence electrons. The maximum atomic E-state index is 11.9. The zero-order valence-corrected chi connectivity index (χ0v) is 12.7. The van der Waals surface area contributed by atoms with Crippen molar-refractivity contribution in [1.82, 2.24) is 14.3 Å². The van der Waals surface area contributed by atoms with Gasteiger partial charge in [0.2, 0.25) is 0 Å². The molecule has 19 heavy (non-hydrogen) atoms. The molecule has 0 spiro atoms. The molecular formula is C13H27N3O2S. The molecule has 2 aliphatic rings. The summed E-state index contributed by atoms with van der Waals surface area (Å²) in [6.07, 6.45) is 7.99. The average molecular weight is 289 g/mol. The van der Waals surface area contributed by atoms with Crippen molar-refractivity contribution in [3.05, 3.63) is 0 Å². The van der Waals surface area contributed by atoms with Gasteiger partial charge in [-0.25, -0.2) is 4.72 Å². The van der Waals surface area contributed by atoms with E-state index in [1.807, 2.05) is 0 Å². The van der Waals surface area contributed by atoms with E-state index in [1.165, 1.54) is 19.3 Å². The first-order chi connectivity index (χ1) is 9.07. The summed E-state index contributed by atoms with van der Waals surface area (Å²) < 4.78 is 29.3. The molecule has 2 fully saturated rings. The predicted octanol–water partition coefficient (Wildman–Crippen LogP) is 1.23. The van der Waals surface area contributed by atoms with E-state index in [4.69, 9.17) is 0 Å². The number of hydrogen-bond acceptors (Lipinski definition) is 3. The van der Waals surface area contributed by atoms with Crippen LogP contribution in [-0.2, 0) is 10.2 Å². The smallest absolute Gasteiger partial charge is 0.277 e. The summed E-state index contributed by atoms with van der Waals surface area (Å²) in [4.78, 5) is 2.38. The molecule has 1 saturated heterocycles. The molecule has 1 heterocycles. The van der Waals surface area contributed by atoms with Gasteiger partial charge < -0.3 is 0 Å². The van der Waals surface area contributed by atoms with Gasteiger partial charge in [0.1, 0.15) is 0 Å². The molecule has 1 aliphatic heterocycles. The third-order valence-corrected chi connectivity index (χ3v) is 5.45. The van der Waals surface area contributed by atoms with E-state index >= 15 is 0 Å². The molecule has 0 aromatic carbocycles. The fraction of sp³-hybridized carbons (Fsp3) is 1.00. The van der Waals surface area contributed by atoms with Gasteiger partial charge in [-0.15, -0.1) is 0 Å². The molecule has 2 N–H and O–H groups in total. The van der Waals surface area contributed by atoms with Crippen LogP contribution in [0.25, 0.3) is 0 Å². The second-order valence-corrected chi connectivity index (χ2v) is 7.43. The summed E-state index contributed by atoms with van der Waals surface area (Å²) in [5.41, 5.74) is 0. The van der Waals surface area contributed by atoms with Crippen LogP contribution in [0.15, 0.2) is 0 Å². The lowest BCUT2D eigenvalue weighted by molar-refractivity contribution is 0.175. The number of likely N-dealkylation sites (tertiary alicyclic amines) is 1. The number of piperidine rings is 1. The lowest BCUT2D eigenvalue weighted by Gasteiger charge is -2.32. The highest BCUT2D eigenvalue weighted by Gasteiger charge is 2.23. The fourth-order valence-electron chi connectivity index (χ4n) is 3.02. The summed E-state index contributed by atoms with van der Waals surface area (Å²) >= 11 is 0. The van der Waals surface area contributed by atoms with E-state index in [9.17, 15) is 8.42 Å². The van der Waals surface area contributed by atoms with Gasteiger partial charge in [0.15, 0.2) is 0 Å². The summed E-state index contributed by atoms with van der Waals surface area (Å²) in [6, 6.07) is 0.420. The van der Waals surface area contributed by atoms with Crippen LogP contribution in [-0.4, -0.2) is 45.0 Å². The van der Waals surface area contributed by atoms with Crippen molar-refractivity contribution in [2.45, 2.75) is 64.0 Å². The van der Waals surface area contributed by atoms with Crippen LogP contribution in [0, 0.1) is 0 Å². The lowest BCUT2D eigenvalue weighted by Crippen LogP contribution is -2.48. The molecular weight excluding hydrogens is 262 g/mol. The molecule has 0 aromatic heterocycles. The molecule has 0 radical (unpaired) electrons. The van der Waals surface area contributed by atoms with Crippen molar-refractivity contribution in [2.75, 3.05) is 19.6 Å².